The van der Waals surface area contributed by atoms with Gasteiger partial charge in [-0.3, -0.25) is 25.4 Å². The van der Waals surface area contributed by atoms with Gasteiger partial charge in [0, 0.05) is 36.4 Å². The molecule has 0 spiro atoms. The molecule has 3 rings (SSSR count). The highest BCUT2D eigenvalue weighted by Gasteiger charge is 2.33. The number of benzene rings is 1. The second-order valence-corrected chi connectivity index (χ2v) is 9.19. The third kappa shape index (κ3) is 5.05. The van der Waals surface area contributed by atoms with Crippen LogP contribution in [0.2, 0.25) is 10.0 Å². The molecule has 0 unspecified atom stereocenters. The first-order chi connectivity index (χ1) is 13.8. The van der Waals surface area contributed by atoms with Gasteiger partial charge in [-0.1, -0.05) is 23.2 Å². The molecule has 29 heavy (non-hydrogen) atoms. The summed E-state index contributed by atoms with van der Waals surface area (Å²) in [5, 5.41) is 0.360. The van der Waals surface area contributed by atoms with E-state index in [1.54, 1.807) is 12.1 Å². The number of hydrazine groups is 1. The van der Waals surface area contributed by atoms with Crippen molar-refractivity contribution in [2.45, 2.75) is 17.7 Å². The fraction of sp³-hybridized carbons (Fsp3) is 0.278. The number of hydrogen-bond acceptors (Lipinski definition) is 5. The van der Waals surface area contributed by atoms with Gasteiger partial charge in [0.1, 0.15) is 4.90 Å². The van der Waals surface area contributed by atoms with Crippen LogP contribution < -0.4 is 10.9 Å². The molecule has 1 aromatic carbocycles. The van der Waals surface area contributed by atoms with Crippen molar-refractivity contribution in [2.75, 3.05) is 13.1 Å². The zero-order valence-electron chi connectivity index (χ0n) is 15.1. The van der Waals surface area contributed by atoms with Crippen molar-refractivity contribution in [2.24, 2.45) is 5.92 Å². The molecule has 0 radical (unpaired) electrons. The summed E-state index contributed by atoms with van der Waals surface area (Å²) in [6.45, 7) is 0.305. The molecule has 0 atom stereocenters. The average Bonchev–Trinajstić information content (AvgIpc) is 2.74. The average molecular weight is 457 g/mol. The molecule has 0 saturated carbocycles. The second kappa shape index (κ2) is 9.08. The first kappa shape index (κ1) is 21.5. The van der Waals surface area contributed by atoms with Crippen LogP contribution in [0.25, 0.3) is 0 Å². The number of rotatable bonds is 4. The highest BCUT2D eigenvalue weighted by molar-refractivity contribution is 7.89. The minimum absolute atomic E-state index is 0.0571. The SMILES string of the molecule is O=C(NNC(=O)C1CCN(S(=O)(=O)c2cc(Cl)ccc2Cl)CC1)c1cccnc1. The molecule has 2 heterocycles. The molecule has 1 fully saturated rings. The Morgan fingerprint density at radius 2 is 1.83 bits per heavy atom. The van der Waals surface area contributed by atoms with E-state index in [2.05, 4.69) is 15.8 Å². The summed E-state index contributed by atoms with van der Waals surface area (Å²) < 4.78 is 26.9. The van der Waals surface area contributed by atoms with Crippen molar-refractivity contribution in [1.82, 2.24) is 20.1 Å². The van der Waals surface area contributed by atoms with E-state index in [1.807, 2.05) is 0 Å². The summed E-state index contributed by atoms with van der Waals surface area (Å²) in [7, 11) is -3.82. The summed E-state index contributed by atoms with van der Waals surface area (Å²) in [6, 6.07) is 7.44. The summed E-state index contributed by atoms with van der Waals surface area (Å²) in [4.78, 5) is 28.0. The fourth-order valence-electron chi connectivity index (χ4n) is 2.96. The smallest absolute Gasteiger partial charge is 0.271 e. The van der Waals surface area contributed by atoms with Gasteiger partial charge < -0.3 is 0 Å². The molecule has 2 N–H and O–H groups in total. The summed E-state index contributed by atoms with van der Waals surface area (Å²) in [5.41, 5.74) is 5.03. The standard InChI is InChI=1S/C18H18Cl2N4O4S/c19-14-3-4-15(20)16(10-14)29(27,28)24-8-5-12(6-9-24)17(25)22-23-18(26)13-2-1-7-21-11-13/h1-4,7,10-12H,5-6,8-9H2,(H,22,25)(H,23,26). The Kier molecular flexibility index (Phi) is 6.74. The second-order valence-electron chi connectivity index (χ2n) is 6.44. The van der Waals surface area contributed by atoms with Crippen molar-refractivity contribution >= 4 is 45.0 Å². The van der Waals surface area contributed by atoms with Gasteiger partial charge >= 0.3 is 0 Å². The van der Waals surface area contributed by atoms with Gasteiger partial charge in [0.2, 0.25) is 15.9 Å². The molecule has 8 nitrogen and oxygen atoms in total. The molecule has 0 aliphatic carbocycles. The lowest BCUT2D eigenvalue weighted by Gasteiger charge is -2.30. The van der Waals surface area contributed by atoms with E-state index in [0.29, 0.717) is 18.4 Å². The normalized spacial score (nSPS) is 15.7. The number of aromatic nitrogens is 1. The van der Waals surface area contributed by atoms with Crippen LogP contribution in [0.5, 0.6) is 0 Å². The minimum atomic E-state index is -3.82. The quantitative estimate of drug-likeness (QED) is 0.685. The van der Waals surface area contributed by atoms with Gasteiger partial charge in [-0.25, -0.2) is 8.42 Å². The Morgan fingerprint density at radius 3 is 2.48 bits per heavy atom. The topological polar surface area (TPSA) is 108 Å². The third-order valence-corrected chi connectivity index (χ3v) is 7.17. The van der Waals surface area contributed by atoms with E-state index in [-0.39, 0.29) is 33.9 Å². The van der Waals surface area contributed by atoms with Crippen LogP contribution in [0.1, 0.15) is 23.2 Å². The van der Waals surface area contributed by atoms with Crippen molar-refractivity contribution in [3.8, 4) is 0 Å². The van der Waals surface area contributed by atoms with E-state index >= 15 is 0 Å². The van der Waals surface area contributed by atoms with Gasteiger partial charge in [-0.15, -0.1) is 0 Å². The van der Waals surface area contributed by atoms with E-state index in [4.69, 9.17) is 23.2 Å². The number of carbonyl (C=O) groups is 2. The predicted molar refractivity (Wildman–Crippen MR) is 108 cm³/mol. The van der Waals surface area contributed by atoms with Crippen LogP contribution in [0.3, 0.4) is 0 Å². The van der Waals surface area contributed by atoms with E-state index in [9.17, 15) is 18.0 Å². The monoisotopic (exact) mass is 456 g/mol. The number of sulfonamides is 1. The van der Waals surface area contributed by atoms with Crippen LogP contribution in [-0.2, 0) is 14.8 Å². The molecule has 1 saturated heterocycles. The maximum atomic E-state index is 12.8. The molecule has 154 valence electrons. The first-order valence-corrected chi connectivity index (χ1v) is 10.9. The van der Waals surface area contributed by atoms with Gasteiger partial charge in [-0.2, -0.15) is 4.31 Å². The lowest BCUT2D eigenvalue weighted by molar-refractivity contribution is -0.126. The van der Waals surface area contributed by atoms with Crippen molar-refractivity contribution in [3.63, 3.8) is 0 Å². The first-order valence-electron chi connectivity index (χ1n) is 8.74. The molecule has 0 bridgehead atoms. The predicted octanol–water partition coefficient (Wildman–Crippen LogP) is 2.25. The zero-order chi connectivity index (χ0) is 21.0. The Labute approximate surface area is 178 Å². The van der Waals surface area contributed by atoms with Gasteiger partial charge in [0.15, 0.2) is 0 Å². The number of carbonyl (C=O) groups excluding carboxylic acids is 2. The number of nitrogens with zero attached hydrogens (tertiary/aromatic N) is 2. The summed E-state index contributed by atoms with van der Waals surface area (Å²) in [6.07, 6.45) is 3.54. The number of hydrogen-bond donors (Lipinski definition) is 2. The van der Waals surface area contributed by atoms with Crippen LogP contribution in [0.15, 0.2) is 47.6 Å². The van der Waals surface area contributed by atoms with Gasteiger partial charge in [0.25, 0.3) is 5.91 Å². The van der Waals surface area contributed by atoms with Gasteiger partial charge in [-0.05, 0) is 43.2 Å². The Bertz CT molecular complexity index is 1010. The largest absolute Gasteiger partial charge is 0.273 e. The zero-order valence-corrected chi connectivity index (χ0v) is 17.5. The highest BCUT2D eigenvalue weighted by atomic mass is 35.5. The molecule has 1 aliphatic heterocycles. The molecule has 1 aromatic heterocycles. The maximum Gasteiger partial charge on any atom is 0.271 e. The molecule has 1 aliphatic rings. The van der Waals surface area contributed by atoms with E-state index < -0.39 is 21.8 Å². The molecular weight excluding hydrogens is 439 g/mol. The third-order valence-electron chi connectivity index (χ3n) is 4.56. The molecule has 2 amide bonds. The summed E-state index contributed by atoms with van der Waals surface area (Å²) in [5.74, 6) is -1.28. The lowest BCUT2D eigenvalue weighted by atomic mass is 9.98. The number of amides is 2. The van der Waals surface area contributed by atoms with Crippen LogP contribution in [-0.4, -0.2) is 42.6 Å². The number of nitrogens with one attached hydrogen (secondary N) is 2. The minimum Gasteiger partial charge on any atom is -0.273 e. The fourth-order valence-corrected chi connectivity index (χ4v) is 5.17. The molecule has 11 heteroatoms. The Balaban J connectivity index is 1.56. The Morgan fingerprint density at radius 1 is 1.10 bits per heavy atom. The van der Waals surface area contributed by atoms with Crippen LogP contribution in [0.4, 0.5) is 0 Å². The van der Waals surface area contributed by atoms with Crippen molar-refractivity contribution < 1.29 is 18.0 Å². The molecular formula is C18H18Cl2N4O4S. The molecule has 2 aromatic rings. The van der Waals surface area contributed by atoms with E-state index in [1.165, 1.54) is 34.9 Å². The van der Waals surface area contributed by atoms with E-state index in [0.717, 1.165) is 0 Å². The lowest BCUT2D eigenvalue weighted by Crippen LogP contribution is -2.48. The van der Waals surface area contributed by atoms with Crippen molar-refractivity contribution in [3.05, 3.63) is 58.3 Å². The number of halogens is 2. The highest BCUT2D eigenvalue weighted by Crippen LogP contribution is 2.30. The van der Waals surface area contributed by atoms with Crippen LogP contribution in [0, 0.1) is 5.92 Å². The maximum absolute atomic E-state index is 12.8. The number of pyridine rings is 1. The van der Waals surface area contributed by atoms with Crippen molar-refractivity contribution in [1.29, 1.82) is 0 Å². The van der Waals surface area contributed by atoms with Gasteiger partial charge in [0.05, 0.1) is 10.6 Å². The Hall–Kier alpha value is -2.20. The van der Waals surface area contributed by atoms with Crippen LogP contribution >= 0.6 is 23.2 Å². The number of piperidine rings is 1. The summed E-state index contributed by atoms with van der Waals surface area (Å²) >= 11 is 11.9.